The Morgan fingerprint density at radius 3 is 1.46 bits per heavy atom. The molecule has 10 rings (SSSR count). The lowest BCUT2D eigenvalue weighted by atomic mass is 9.98. The van der Waals surface area contributed by atoms with E-state index in [1.54, 1.807) is 0 Å². The summed E-state index contributed by atoms with van der Waals surface area (Å²) in [6.07, 6.45) is 0. The average Bonchev–Trinajstić information content (AvgIpc) is 3.67. The lowest BCUT2D eigenvalue weighted by Gasteiger charge is -2.12. The molecule has 0 fully saturated rings. The van der Waals surface area contributed by atoms with Gasteiger partial charge in [-0.1, -0.05) is 121 Å². The van der Waals surface area contributed by atoms with Gasteiger partial charge in [0.05, 0.1) is 22.1 Å². The lowest BCUT2D eigenvalue weighted by molar-refractivity contribution is 1.18. The number of aromatic nitrogens is 2. The van der Waals surface area contributed by atoms with Crippen molar-refractivity contribution in [3.8, 4) is 33.6 Å². The normalized spacial score (nSPS) is 11.8. The van der Waals surface area contributed by atoms with Gasteiger partial charge in [-0.25, -0.2) is 0 Å². The van der Waals surface area contributed by atoms with E-state index in [2.05, 4.69) is 191 Å². The van der Waals surface area contributed by atoms with Crippen LogP contribution < -0.4 is 0 Å². The molecule has 0 spiro atoms. The summed E-state index contributed by atoms with van der Waals surface area (Å²) in [6, 6.07) is 66.2. The smallest absolute Gasteiger partial charge is 0.0541 e. The highest BCUT2D eigenvalue weighted by molar-refractivity contribution is 6.13. The number of fused-ring (bicyclic) bond motifs is 7. The van der Waals surface area contributed by atoms with Crippen LogP contribution in [0.25, 0.3) is 88.0 Å². The number of benzene rings is 8. The molecule has 0 N–H and O–H groups in total. The van der Waals surface area contributed by atoms with E-state index < -0.39 is 0 Å². The first kappa shape index (κ1) is 26.8. The predicted octanol–water partition coefficient (Wildman–Crippen LogP) is 12.4. The first-order valence-electron chi connectivity index (χ1n) is 16.5. The maximum Gasteiger partial charge on any atom is 0.0541 e. The van der Waals surface area contributed by atoms with Crippen LogP contribution in [-0.2, 0) is 0 Å². The summed E-state index contributed by atoms with van der Waals surface area (Å²) in [7, 11) is 0. The van der Waals surface area contributed by atoms with Crippen molar-refractivity contribution >= 4 is 54.4 Å². The van der Waals surface area contributed by atoms with Gasteiger partial charge in [0.1, 0.15) is 0 Å². The Morgan fingerprint density at radius 2 is 0.812 bits per heavy atom. The fourth-order valence-electron chi connectivity index (χ4n) is 7.71. The van der Waals surface area contributed by atoms with Crippen LogP contribution >= 0.6 is 0 Å². The number of nitrogens with zero attached hydrogens (tertiary/aromatic N) is 2. The molecular formula is C46H30N2. The quantitative estimate of drug-likeness (QED) is 0.188. The van der Waals surface area contributed by atoms with Crippen molar-refractivity contribution in [2.24, 2.45) is 0 Å². The number of hydrogen-bond donors (Lipinski definition) is 0. The van der Waals surface area contributed by atoms with Gasteiger partial charge < -0.3 is 9.13 Å². The highest BCUT2D eigenvalue weighted by atomic mass is 15.0. The molecule has 0 aliphatic rings. The topological polar surface area (TPSA) is 9.86 Å². The highest BCUT2D eigenvalue weighted by Gasteiger charge is 2.16. The molecule has 0 saturated carbocycles. The lowest BCUT2D eigenvalue weighted by Crippen LogP contribution is -1.94. The van der Waals surface area contributed by atoms with Crippen molar-refractivity contribution < 1.29 is 0 Å². The van der Waals surface area contributed by atoms with E-state index in [9.17, 15) is 0 Å². The summed E-state index contributed by atoms with van der Waals surface area (Å²) in [5.41, 5.74) is 12.1. The van der Waals surface area contributed by atoms with Crippen LogP contribution in [0.2, 0.25) is 0 Å². The minimum Gasteiger partial charge on any atom is -0.309 e. The first-order chi connectivity index (χ1) is 23.8. The van der Waals surface area contributed by atoms with E-state index in [1.165, 1.54) is 88.0 Å². The van der Waals surface area contributed by atoms with E-state index in [1.807, 2.05) is 0 Å². The fraction of sp³-hybridized carbons (Fsp3) is 0. The second kappa shape index (κ2) is 10.6. The van der Waals surface area contributed by atoms with E-state index in [-0.39, 0.29) is 0 Å². The molecule has 0 amide bonds. The molecule has 0 saturated heterocycles. The van der Waals surface area contributed by atoms with Crippen LogP contribution in [0.5, 0.6) is 0 Å². The molecule has 10 aromatic rings. The van der Waals surface area contributed by atoms with E-state index in [0.717, 1.165) is 0 Å². The molecule has 48 heavy (non-hydrogen) atoms. The molecule has 0 radical (unpaired) electrons. The third-order valence-corrected chi connectivity index (χ3v) is 9.90. The average molecular weight is 611 g/mol. The van der Waals surface area contributed by atoms with Gasteiger partial charge in [0, 0.05) is 32.9 Å². The van der Waals surface area contributed by atoms with Crippen LogP contribution in [0, 0.1) is 0 Å². The summed E-state index contributed by atoms with van der Waals surface area (Å²) in [5.74, 6) is 0. The zero-order chi connectivity index (χ0) is 31.6. The van der Waals surface area contributed by atoms with E-state index in [0.29, 0.717) is 0 Å². The standard InChI is InChI=1S/C46H30N2/c1-3-12-31(13-4-1)37-19-11-14-32-22-25-36(30-40(32)37)48-44-21-10-8-18-39(44)42-29-34(24-27-46(42)48)33-23-26-45-41(28-33)38-17-7-9-20-43(38)47(45)35-15-5-2-6-16-35/h1-30H. The SMILES string of the molecule is c1ccc(-c2cccc3ccc(-n4c5ccccc5c5cc(-c6ccc7c(c6)c6ccccc6n7-c6ccccc6)ccc54)cc23)cc1. The van der Waals surface area contributed by atoms with E-state index >= 15 is 0 Å². The van der Waals surface area contributed by atoms with Crippen LogP contribution in [0.4, 0.5) is 0 Å². The van der Waals surface area contributed by atoms with Crippen LogP contribution in [0.3, 0.4) is 0 Å². The van der Waals surface area contributed by atoms with Gasteiger partial charge >= 0.3 is 0 Å². The number of rotatable bonds is 4. The molecule has 2 heteroatoms. The van der Waals surface area contributed by atoms with Crippen LogP contribution in [-0.4, -0.2) is 9.13 Å². The minimum absolute atomic E-state index is 1.17. The highest BCUT2D eigenvalue weighted by Crippen LogP contribution is 2.39. The van der Waals surface area contributed by atoms with Crippen LogP contribution in [0.1, 0.15) is 0 Å². The Morgan fingerprint density at radius 1 is 0.271 bits per heavy atom. The van der Waals surface area contributed by atoms with Crippen molar-refractivity contribution in [3.05, 3.63) is 182 Å². The zero-order valence-electron chi connectivity index (χ0n) is 26.2. The minimum atomic E-state index is 1.17. The van der Waals surface area contributed by atoms with Gasteiger partial charge in [-0.15, -0.1) is 0 Å². The molecule has 8 aromatic carbocycles. The van der Waals surface area contributed by atoms with Crippen LogP contribution in [0.15, 0.2) is 182 Å². The van der Waals surface area contributed by atoms with Crippen molar-refractivity contribution in [2.45, 2.75) is 0 Å². The zero-order valence-corrected chi connectivity index (χ0v) is 26.2. The second-order valence-corrected chi connectivity index (χ2v) is 12.6. The Kier molecular flexibility index (Phi) is 5.91. The molecule has 224 valence electrons. The fourth-order valence-corrected chi connectivity index (χ4v) is 7.71. The Labute approximate surface area is 278 Å². The molecule has 0 bridgehead atoms. The van der Waals surface area contributed by atoms with Gasteiger partial charge in [-0.05, 0) is 93.7 Å². The van der Waals surface area contributed by atoms with Gasteiger partial charge in [0.15, 0.2) is 0 Å². The number of para-hydroxylation sites is 3. The third-order valence-electron chi connectivity index (χ3n) is 9.90. The predicted molar refractivity (Wildman–Crippen MR) is 203 cm³/mol. The molecular weight excluding hydrogens is 581 g/mol. The molecule has 2 heterocycles. The summed E-state index contributed by atoms with van der Waals surface area (Å²) in [5, 5.41) is 7.54. The van der Waals surface area contributed by atoms with Crippen molar-refractivity contribution in [2.75, 3.05) is 0 Å². The molecule has 2 aromatic heterocycles. The van der Waals surface area contributed by atoms with Gasteiger partial charge in [-0.2, -0.15) is 0 Å². The first-order valence-corrected chi connectivity index (χ1v) is 16.5. The van der Waals surface area contributed by atoms with Crippen molar-refractivity contribution in [1.82, 2.24) is 9.13 Å². The largest absolute Gasteiger partial charge is 0.309 e. The summed E-state index contributed by atoms with van der Waals surface area (Å²) >= 11 is 0. The summed E-state index contributed by atoms with van der Waals surface area (Å²) < 4.78 is 4.80. The molecule has 0 unspecified atom stereocenters. The van der Waals surface area contributed by atoms with Crippen molar-refractivity contribution in [1.29, 1.82) is 0 Å². The monoisotopic (exact) mass is 610 g/mol. The second-order valence-electron chi connectivity index (χ2n) is 12.6. The maximum absolute atomic E-state index is 2.42. The number of hydrogen-bond acceptors (Lipinski definition) is 0. The summed E-state index contributed by atoms with van der Waals surface area (Å²) in [4.78, 5) is 0. The molecule has 0 aliphatic carbocycles. The van der Waals surface area contributed by atoms with Crippen molar-refractivity contribution in [3.63, 3.8) is 0 Å². The maximum atomic E-state index is 2.42. The summed E-state index contributed by atoms with van der Waals surface area (Å²) in [6.45, 7) is 0. The molecule has 0 aliphatic heterocycles. The van der Waals surface area contributed by atoms with Gasteiger partial charge in [-0.3, -0.25) is 0 Å². The Bertz CT molecular complexity index is 2820. The molecule has 0 atom stereocenters. The van der Waals surface area contributed by atoms with E-state index in [4.69, 9.17) is 0 Å². The third kappa shape index (κ3) is 4.06. The molecule has 2 nitrogen and oxygen atoms in total. The van der Waals surface area contributed by atoms with Gasteiger partial charge in [0.25, 0.3) is 0 Å². The Balaban J connectivity index is 1.16. The Hall–Kier alpha value is -6.38. The van der Waals surface area contributed by atoms with Gasteiger partial charge in [0.2, 0.25) is 0 Å².